The van der Waals surface area contributed by atoms with Gasteiger partial charge < -0.3 is 10.6 Å². The number of benzene rings is 2. The standard InChI is InChI=1S/C21H25ClN2O2/c1-3-16(4-2)23-20(25)14-19(15-10-6-5-7-11-15)24-21(26)17-12-8-9-13-18(17)22/h5-13,16,19H,3-4,14H2,1-2H3,(H,23,25)(H,24,26)/t19-/m0/s1. The van der Waals surface area contributed by atoms with Gasteiger partial charge in [-0.1, -0.05) is 67.9 Å². The second-order valence-corrected chi connectivity index (χ2v) is 6.61. The lowest BCUT2D eigenvalue weighted by Gasteiger charge is -2.21. The van der Waals surface area contributed by atoms with Gasteiger partial charge in [-0.05, 0) is 30.5 Å². The molecule has 0 bridgehead atoms. The van der Waals surface area contributed by atoms with E-state index in [0.29, 0.717) is 10.6 Å². The number of hydrogen-bond acceptors (Lipinski definition) is 2. The second kappa shape index (κ2) is 9.97. The first-order chi connectivity index (χ1) is 12.5. The Morgan fingerprint density at radius 3 is 2.15 bits per heavy atom. The van der Waals surface area contributed by atoms with Crippen molar-refractivity contribution in [3.8, 4) is 0 Å². The van der Waals surface area contributed by atoms with Gasteiger partial charge >= 0.3 is 0 Å². The topological polar surface area (TPSA) is 58.2 Å². The van der Waals surface area contributed by atoms with E-state index in [1.54, 1.807) is 24.3 Å². The Morgan fingerprint density at radius 2 is 1.54 bits per heavy atom. The zero-order chi connectivity index (χ0) is 18.9. The molecule has 138 valence electrons. The number of nitrogens with one attached hydrogen (secondary N) is 2. The number of carbonyl (C=O) groups excluding carboxylic acids is 2. The third kappa shape index (κ3) is 5.60. The molecule has 2 aromatic carbocycles. The van der Waals surface area contributed by atoms with Gasteiger partial charge in [-0.2, -0.15) is 0 Å². The Hall–Kier alpha value is -2.33. The van der Waals surface area contributed by atoms with E-state index in [1.165, 1.54) is 0 Å². The van der Waals surface area contributed by atoms with E-state index in [2.05, 4.69) is 10.6 Å². The maximum Gasteiger partial charge on any atom is 0.253 e. The van der Waals surface area contributed by atoms with Gasteiger partial charge in [0.05, 0.1) is 23.0 Å². The number of rotatable bonds is 8. The minimum Gasteiger partial charge on any atom is -0.353 e. The molecule has 0 spiro atoms. The minimum absolute atomic E-state index is 0.0768. The molecule has 4 nitrogen and oxygen atoms in total. The van der Waals surface area contributed by atoms with Crippen LogP contribution in [0.5, 0.6) is 0 Å². The van der Waals surface area contributed by atoms with Crippen LogP contribution in [0.1, 0.15) is 55.1 Å². The van der Waals surface area contributed by atoms with Crippen LogP contribution in [-0.2, 0) is 4.79 Å². The van der Waals surface area contributed by atoms with Crippen LogP contribution in [-0.4, -0.2) is 17.9 Å². The summed E-state index contributed by atoms with van der Waals surface area (Å²) >= 11 is 6.12. The van der Waals surface area contributed by atoms with E-state index in [9.17, 15) is 9.59 Å². The van der Waals surface area contributed by atoms with Crippen LogP contribution in [0.15, 0.2) is 54.6 Å². The van der Waals surface area contributed by atoms with Gasteiger partial charge in [0.1, 0.15) is 0 Å². The van der Waals surface area contributed by atoms with Crippen molar-refractivity contribution in [2.24, 2.45) is 0 Å². The summed E-state index contributed by atoms with van der Waals surface area (Å²) in [7, 11) is 0. The number of amides is 2. The lowest BCUT2D eigenvalue weighted by molar-refractivity contribution is -0.122. The van der Waals surface area contributed by atoms with E-state index >= 15 is 0 Å². The van der Waals surface area contributed by atoms with Crippen molar-refractivity contribution in [1.82, 2.24) is 10.6 Å². The summed E-state index contributed by atoms with van der Waals surface area (Å²) in [6.07, 6.45) is 1.94. The molecule has 5 heteroatoms. The molecule has 2 N–H and O–H groups in total. The van der Waals surface area contributed by atoms with Crippen molar-refractivity contribution in [1.29, 1.82) is 0 Å². The SMILES string of the molecule is CCC(CC)NC(=O)C[C@H](NC(=O)c1ccccc1Cl)c1ccccc1. The Balaban J connectivity index is 2.16. The smallest absolute Gasteiger partial charge is 0.253 e. The number of hydrogen-bond donors (Lipinski definition) is 2. The predicted molar refractivity (Wildman–Crippen MR) is 105 cm³/mol. The van der Waals surface area contributed by atoms with Crippen LogP contribution in [0.3, 0.4) is 0 Å². The molecule has 2 amide bonds. The summed E-state index contributed by atoms with van der Waals surface area (Å²) in [5, 5.41) is 6.36. The first-order valence-electron chi connectivity index (χ1n) is 8.94. The van der Waals surface area contributed by atoms with Crippen LogP contribution in [0.25, 0.3) is 0 Å². The van der Waals surface area contributed by atoms with Crippen LogP contribution < -0.4 is 10.6 Å². The zero-order valence-corrected chi connectivity index (χ0v) is 15.9. The van der Waals surface area contributed by atoms with Crippen LogP contribution >= 0.6 is 11.6 Å². The van der Waals surface area contributed by atoms with Crippen molar-refractivity contribution in [2.45, 2.75) is 45.2 Å². The van der Waals surface area contributed by atoms with Gasteiger partial charge in [0.2, 0.25) is 5.91 Å². The number of carbonyl (C=O) groups is 2. The molecular weight excluding hydrogens is 348 g/mol. The van der Waals surface area contributed by atoms with Crippen LogP contribution in [0, 0.1) is 0 Å². The predicted octanol–water partition coefficient (Wildman–Crippen LogP) is 4.51. The summed E-state index contributed by atoms with van der Waals surface area (Å²) in [5.74, 6) is -0.369. The van der Waals surface area contributed by atoms with Crippen LogP contribution in [0.2, 0.25) is 5.02 Å². The molecule has 0 saturated carbocycles. The van der Waals surface area contributed by atoms with Crippen molar-refractivity contribution < 1.29 is 9.59 Å². The summed E-state index contributed by atoms with van der Waals surface area (Å²) in [6.45, 7) is 4.09. The largest absolute Gasteiger partial charge is 0.353 e. The van der Waals surface area contributed by atoms with Gasteiger partial charge in [0.15, 0.2) is 0 Å². The summed E-state index contributed by atoms with van der Waals surface area (Å²) in [4.78, 5) is 25.1. The molecule has 0 heterocycles. The highest BCUT2D eigenvalue weighted by atomic mass is 35.5. The quantitative estimate of drug-likeness (QED) is 0.716. The maximum absolute atomic E-state index is 12.6. The molecule has 1 atom stereocenters. The van der Waals surface area contributed by atoms with E-state index in [4.69, 9.17) is 11.6 Å². The molecule has 26 heavy (non-hydrogen) atoms. The van der Waals surface area contributed by atoms with Crippen molar-refractivity contribution in [2.75, 3.05) is 0 Å². The summed E-state index contributed by atoms with van der Waals surface area (Å²) in [5.41, 5.74) is 1.28. The van der Waals surface area contributed by atoms with Gasteiger partial charge in [-0.3, -0.25) is 9.59 Å². The highest BCUT2D eigenvalue weighted by Gasteiger charge is 2.21. The molecule has 0 fully saturated rings. The van der Waals surface area contributed by atoms with E-state index in [-0.39, 0.29) is 24.3 Å². The van der Waals surface area contributed by atoms with Crippen molar-refractivity contribution >= 4 is 23.4 Å². The minimum atomic E-state index is -0.422. The summed E-state index contributed by atoms with van der Waals surface area (Å²) < 4.78 is 0. The lowest BCUT2D eigenvalue weighted by Crippen LogP contribution is -2.38. The Bertz CT molecular complexity index is 730. The first kappa shape index (κ1) is 20.0. The highest BCUT2D eigenvalue weighted by Crippen LogP contribution is 2.20. The fraction of sp³-hybridized carbons (Fsp3) is 0.333. The third-order valence-electron chi connectivity index (χ3n) is 4.37. The summed E-state index contributed by atoms with van der Waals surface area (Å²) in [6, 6.07) is 16.1. The lowest BCUT2D eigenvalue weighted by atomic mass is 10.0. The molecule has 0 aliphatic heterocycles. The molecule has 0 unspecified atom stereocenters. The molecule has 0 radical (unpaired) electrons. The van der Waals surface area contributed by atoms with E-state index < -0.39 is 6.04 Å². The molecule has 0 saturated heterocycles. The normalized spacial score (nSPS) is 11.8. The highest BCUT2D eigenvalue weighted by molar-refractivity contribution is 6.33. The molecule has 0 aromatic heterocycles. The molecule has 2 aromatic rings. The number of halogens is 1. The zero-order valence-electron chi connectivity index (χ0n) is 15.2. The average molecular weight is 373 g/mol. The molecule has 0 aliphatic rings. The Labute approximate surface area is 159 Å². The first-order valence-corrected chi connectivity index (χ1v) is 9.32. The van der Waals surface area contributed by atoms with E-state index in [0.717, 1.165) is 18.4 Å². The molecule has 0 aliphatic carbocycles. The maximum atomic E-state index is 12.6. The Kier molecular flexibility index (Phi) is 7.67. The van der Waals surface area contributed by atoms with Gasteiger partial charge in [0, 0.05) is 6.04 Å². The fourth-order valence-electron chi connectivity index (χ4n) is 2.78. The van der Waals surface area contributed by atoms with Crippen molar-refractivity contribution in [3.05, 3.63) is 70.7 Å². The molecular formula is C21H25ClN2O2. The molecule has 2 rings (SSSR count). The van der Waals surface area contributed by atoms with Crippen molar-refractivity contribution in [3.63, 3.8) is 0 Å². The van der Waals surface area contributed by atoms with Crippen LogP contribution in [0.4, 0.5) is 0 Å². The third-order valence-corrected chi connectivity index (χ3v) is 4.70. The van der Waals surface area contributed by atoms with Gasteiger partial charge in [-0.15, -0.1) is 0 Å². The van der Waals surface area contributed by atoms with Gasteiger partial charge in [0.25, 0.3) is 5.91 Å². The van der Waals surface area contributed by atoms with Gasteiger partial charge in [-0.25, -0.2) is 0 Å². The monoisotopic (exact) mass is 372 g/mol. The Morgan fingerprint density at radius 1 is 0.923 bits per heavy atom. The average Bonchev–Trinajstić information content (AvgIpc) is 2.66. The fourth-order valence-corrected chi connectivity index (χ4v) is 3.01. The van der Waals surface area contributed by atoms with E-state index in [1.807, 2.05) is 44.2 Å². The second-order valence-electron chi connectivity index (χ2n) is 6.20.